The number of ether oxygens (including phenoxy) is 2. The van der Waals surface area contributed by atoms with E-state index in [2.05, 4.69) is 23.3 Å². The molecule has 0 spiro atoms. The SMILES string of the molecule is CCCC[O][Zr]([CH2]CC(C)(C)C(=O)CC(=O)OC)([CH2]CC(C)(C)C(=O)CC(=O)OC)[O]CCCC. The molecule has 0 aliphatic rings. The van der Waals surface area contributed by atoms with Crippen molar-refractivity contribution in [1.29, 1.82) is 0 Å². The van der Waals surface area contributed by atoms with Gasteiger partial charge in [0.05, 0.1) is 0 Å². The maximum atomic E-state index is 12.8. The van der Waals surface area contributed by atoms with E-state index >= 15 is 0 Å². The molecule has 0 saturated carbocycles. The number of hydrogen-bond donors (Lipinski definition) is 0. The summed E-state index contributed by atoms with van der Waals surface area (Å²) in [5.41, 5.74) is -1.45. The average molecular weight is 580 g/mol. The van der Waals surface area contributed by atoms with Crippen LogP contribution in [0.2, 0.25) is 8.26 Å². The first kappa shape index (κ1) is 34.1. The van der Waals surface area contributed by atoms with Gasteiger partial charge >= 0.3 is 218 Å². The van der Waals surface area contributed by atoms with Crippen molar-refractivity contribution in [3.63, 3.8) is 0 Å². The summed E-state index contributed by atoms with van der Waals surface area (Å²) in [7, 11) is 2.55. The number of carbonyl (C=O) groups is 4. The number of methoxy groups -OCH3 is 2. The van der Waals surface area contributed by atoms with Crippen molar-refractivity contribution in [2.75, 3.05) is 27.4 Å². The molecule has 0 rings (SSSR count). The van der Waals surface area contributed by atoms with E-state index in [1.807, 2.05) is 27.7 Å². The summed E-state index contributed by atoms with van der Waals surface area (Å²) in [6, 6.07) is 0. The molecule has 0 aromatic carbocycles. The molecule has 8 nitrogen and oxygen atoms in total. The van der Waals surface area contributed by atoms with E-state index in [1.165, 1.54) is 14.2 Å². The van der Waals surface area contributed by atoms with Gasteiger partial charge in [0.2, 0.25) is 0 Å². The number of ketones is 2. The molecule has 0 saturated heterocycles. The summed E-state index contributed by atoms with van der Waals surface area (Å²) in [6.07, 6.45) is 4.35. The molecular formula is C26H48O8Zr. The summed E-state index contributed by atoms with van der Waals surface area (Å²) < 4.78 is 23.7. The molecule has 0 heterocycles. The fraction of sp³-hybridized carbons (Fsp3) is 0.846. The molecule has 0 N–H and O–H groups in total. The third-order valence-corrected chi connectivity index (χ3v) is 15.1. The van der Waals surface area contributed by atoms with Crippen LogP contribution in [0, 0.1) is 10.8 Å². The molecule has 0 bridgehead atoms. The molecule has 0 aromatic heterocycles. The number of hydrogen-bond acceptors (Lipinski definition) is 8. The molecule has 0 fully saturated rings. The Kier molecular flexibility index (Phi) is 16.3. The van der Waals surface area contributed by atoms with Crippen molar-refractivity contribution in [3.8, 4) is 0 Å². The van der Waals surface area contributed by atoms with Gasteiger partial charge in [-0.25, -0.2) is 0 Å². The van der Waals surface area contributed by atoms with E-state index in [4.69, 9.17) is 5.63 Å². The van der Waals surface area contributed by atoms with Gasteiger partial charge in [-0.2, -0.15) is 0 Å². The van der Waals surface area contributed by atoms with Crippen molar-refractivity contribution in [2.45, 2.75) is 101 Å². The maximum absolute atomic E-state index is 12.8. The van der Waals surface area contributed by atoms with Crippen LogP contribution in [0.4, 0.5) is 0 Å². The van der Waals surface area contributed by atoms with Crippen LogP contribution >= 0.6 is 0 Å². The Morgan fingerprint density at radius 2 is 1.00 bits per heavy atom. The molecule has 9 heteroatoms. The second-order valence-electron chi connectivity index (χ2n) is 10.4. The Balaban J connectivity index is 5.73. The van der Waals surface area contributed by atoms with E-state index in [0.717, 1.165) is 25.7 Å². The van der Waals surface area contributed by atoms with Crippen LogP contribution in [0.15, 0.2) is 0 Å². The predicted octanol–water partition coefficient (Wildman–Crippen LogP) is 5.54. The third-order valence-electron chi connectivity index (χ3n) is 6.56. The van der Waals surface area contributed by atoms with E-state index in [0.29, 0.717) is 34.3 Å². The first-order valence-electron chi connectivity index (χ1n) is 12.8. The van der Waals surface area contributed by atoms with Gasteiger partial charge in [0.15, 0.2) is 0 Å². The van der Waals surface area contributed by atoms with Crippen molar-refractivity contribution in [3.05, 3.63) is 0 Å². The number of esters is 2. The van der Waals surface area contributed by atoms with Crippen LogP contribution in [0.3, 0.4) is 0 Å². The number of carbonyl (C=O) groups excluding carboxylic acids is 4. The van der Waals surface area contributed by atoms with Crippen LogP contribution < -0.4 is 0 Å². The molecular weight excluding hydrogens is 532 g/mol. The third kappa shape index (κ3) is 13.3. The van der Waals surface area contributed by atoms with E-state index in [1.54, 1.807) is 0 Å². The normalized spacial score (nSPS) is 12.3. The first-order chi connectivity index (χ1) is 16.3. The van der Waals surface area contributed by atoms with Crippen LogP contribution in [-0.2, 0) is 55.4 Å². The molecule has 0 aliphatic heterocycles. The Morgan fingerprint density at radius 3 is 1.29 bits per heavy atom. The van der Waals surface area contributed by atoms with Crippen molar-refractivity contribution in [1.82, 2.24) is 0 Å². The second-order valence-corrected chi connectivity index (χ2v) is 18.8. The fourth-order valence-electron chi connectivity index (χ4n) is 3.43. The van der Waals surface area contributed by atoms with Gasteiger partial charge in [0.1, 0.15) is 0 Å². The van der Waals surface area contributed by atoms with Gasteiger partial charge in [-0.15, -0.1) is 0 Å². The molecule has 0 radical (unpaired) electrons. The van der Waals surface area contributed by atoms with Gasteiger partial charge in [-0.3, -0.25) is 0 Å². The Bertz CT molecular complexity index is 629. The van der Waals surface area contributed by atoms with Gasteiger partial charge in [0, 0.05) is 0 Å². The first-order valence-corrected chi connectivity index (χ1v) is 18.3. The van der Waals surface area contributed by atoms with E-state index in [9.17, 15) is 19.2 Å². The van der Waals surface area contributed by atoms with Crippen molar-refractivity contribution >= 4 is 23.5 Å². The van der Waals surface area contributed by atoms with Gasteiger partial charge < -0.3 is 0 Å². The van der Waals surface area contributed by atoms with Gasteiger partial charge in [-0.05, 0) is 0 Å². The van der Waals surface area contributed by atoms with Gasteiger partial charge in [-0.1, -0.05) is 0 Å². The number of unbranched alkanes of at least 4 members (excludes halogenated alkanes) is 2. The van der Waals surface area contributed by atoms with Crippen LogP contribution in [0.1, 0.15) is 92.9 Å². The topological polar surface area (TPSA) is 105 Å². The summed E-state index contributed by atoms with van der Waals surface area (Å²) in [5.74, 6) is -1.41. The minimum atomic E-state index is -3.76. The average Bonchev–Trinajstić information content (AvgIpc) is 2.81. The number of Topliss-reactive ketones (excluding diaryl/α,β-unsaturated/α-hetero) is 2. The fourth-order valence-corrected chi connectivity index (χ4v) is 13.2. The van der Waals surface area contributed by atoms with Crippen molar-refractivity contribution in [2.24, 2.45) is 10.8 Å². The quantitative estimate of drug-likeness (QED) is 0.105. The monoisotopic (exact) mass is 578 g/mol. The second kappa shape index (κ2) is 16.8. The van der Waals surface area contributed by atoms with E-state index < -0.39 is 43.9 Å². The molecule has 0 unspecified atom stereocenters. The summed E-state index contributed by atoms with van der Waals surface area (Å²) in [5, 5.41) is 0. The standard InChI is InChI=1S/2C9H15O3.2C4H9O.Zr/c2*1-5-9(2,3)7(10)6-8(11)12-4;2*1-2-3-4-5;/h2*1,5-6H2,2-4H3;2*2-4H2,1H3;/q;;2*-1;+2. The van der Waals surface area contributed by atoms with Crippen molar-refractivity contribution < 1.29 is 55.4 Å². The van der Waals surface area contributed by atoms with E-state index in [-0.39, 0.29) is 24.4 Å². The molecule has 0 amide bonds. The summed E-state index contributed by atoms with van der Waals surface area (Å²) in [4.78, 5) is 48.8. The zero-order valence-corrected chi connectivity index (χ0v) is 25.7. The molecule has 0 atom stereocenters. The Morgan fingerprint density at radius 1 is 0.657 bits per heavy atom. The molecule has 0 aliphatic carbocycles. The zero-order chi connectivity index (χ0) is 27.1. The predicted molar refractivity (Wildman–Crippen MR) is 131 cm³/mol. The number of rotatable bonds is 20. The Labute approximate surface area is 217 Å². The summed E-state index contributed by atoms with van der Waals surface area (Å²) >= 11 is -3.76. The molecule has 35 heavy (non-hydrogen) atoms. The minimum absolute atomic E-state index is 0.166. The van der Waals surface area contributed by atoms with Crippen LogP contribution in [-0.4, -0.2) is 50.9 Å². The summed E-state index contributed by atoms with van der Waals surface area (Å²) in [6.45, 7) is 12.8. The molecule has 0 aromatic rings. The molecule has 204 valence electrons. The van der Waals surface area contributed by atoms with Gasteiger partial charge in [0.25, 0.3) is 0 Å². The van der Waals surface area contributed by atoms with Crippen LogP contribution in [0.25, 0.3) is 0 Å². The van der Waals surface area contributed by atoms with Crippen LogP contribution in [0.5, 0.6) is 0 Å². The Hall–Kier alpha value is -0.917. The zero-order valence-electron chi connectivity index (χ0n) is 23.3.